The minimum atomic E-state index is -4.36. The van der Waals surface area contributed by atoms with Gasteiger partial charge in [0.25, 0.3) is 0 Å². The van der Waals surface area contributed by atoms with Crippen LogP contribution in [0.5, 0.6) is 0 Å². The lowest BCUT2D eigenvalue weighted by Gasteiger charge is -2.14. The first kappa shape index (κ1) is 26.0. The second-order valence-corrected chi connectivity index (χ2v) is 8.00. The van der Waals surface area contributed by atoms with Crippen LogP contribution in [0.25, 0.3) is 11.4 Å². The Bertz CT molecular complexity index is 1180. The highest BCUT2D eigenvalue weighted by molar-refractivity contribution is 5.98. The zero-order valence-corrected chi connectivity index (χ0v) is 19.6. The van der Waals surface area contributed by atoms with Gasteiger partial charge in [0, 0.05) is 18.7 Å². The van der Waals surface area contributed by atoms with Crippen LogP contribution in [0.2, 0.25) is 0 Å². The molecule has 2 heterocycles. The van der Waals surface area contributed by atoms with Crippen LogP contribution >= 0.6 is 12.4 Å². The topological polar surface area (TPSA) is 114 Å². The third-order valence-electron chi connectivity index (χ3n) is 5.59. The molecule has 8 nitrogen and oxygen atoms in total. The third-order valence-corrected chi connectivity index (χ3v) is 5.59. The highest BCUT2D eigenvalue weighted by atomic mass is 35.5. The van der Waals surface area contributed by atoms with Crippen molar-refractivity contribution in [2.45, 2.75) is 32.0 Å². The van der Waals surface area contributed by atoms with Gasteiger partial charge in [-0.15, -0.1) is 12.4 Å². The highest BCUT2D eigenvalue weighted by Crippen LogP contribution is 2.29. The number of nitrogens with one attached hydrogen (secondary N) is 1. The predicted octanol–water partition coefficient (Wildman–Crippen LogP) is 4.80. The van der Waals surface area contributed by atoms with E-state index in [-0.39, 0.29) is 30.9 Å². The summed E-state index contributed by atoms with van der Waals surface area (Å²) in [6.45, 7) is 3.10. The second-order valence-electron chi connectivity index (χ2n) is 8.00. The van der Waals surface area contributed by atoms with E-state index in [4.69, 9.17) is 20.5 Å². The SMILES string of the molecule is CC(=NOCc1ccc(C(F)(F)F)cc1)c1ccc(-c2noc([C@@H]3CCN(C(=N)N)C3)n2)cc1.Cl. The van der Waals surface area contributed by atoms with Crippen molar-refractivity contribution in [2.24, 2.45) is 10.9 Å². The lowest BCUT2D eigenvalue weighted by molar-refractivity contribution is -0.137. The standard InChI is InChI=1S/C23H23F3N6O2.ClH/c1-14(30-33-13-15-2-8-19(9-3-15)23(24,25)26)16-4-6-17(7-5-16)20-29-21(34-31-20)18-10-11-32(12-18)22(27)28;/h2-9,18H,10-13H2,1H3,(H3,27,28);1H/t18-;/m1./s1. The Labute approximate surface area is 205 Å². The first-order valence-electron chi connectivity index (χ1n) is 10.6. The van der Waals surface area contributed by atoms with Crippen LogP contribution in [0, 0.1) is 5.41 Å². The van der Waals surface area contributed by atoms with Gasteiger partial charge >= 0.3 is 6.18 Å². The molecule has 4 rings (SSSR count). The van der Waals surface area contributed by atoms with Crippen molar-refractivity contribution in [1.29, 1.82) is 5.41 Å². The zero-order valence-electron chi connectivity index (χ0n) is 18.7. The van der Waals surface area contributed by atoms with E-state index < -0.39 is 11.7 Å². The first-order valence-corrected chi connectivity index (χ1v) is 10.6. The number of benzene rings is 2. The third kappa shape index (κ3) is 6.30. The van der Waals surface area contributed by atoms with Gasteiger partial charge in [-0.2, -0.15) is 18.2 Å². The number of hydrogen-bond donors (Lipinski definition) is 2. The molecule has 3 aromatic rings. The normalized spacial score (nSPS) is 16.2. The van der Waals surface area contributed by atoms with Gasteiger partial charge in [0.15, 0.2) is 5.96 Å². The maximum atomic E-state index is 12.6. The molecule has 12 heteroatoms. The van der Waals surface area contributed by atoms with Gasteiger partial charge < -0.3 is 20.0 Å². The van der Waals surface area contributed by atoms with E-state index in [1.54, 1.807) is 11.8 Å². The quantitative estimate of drug-likeness (QED) is 0.281. The van der Waals surface area contributed by atoms with E-state index in [2.05, 4.69) is 15.3 Å². The second kappa shape index (κ2) is 10.8. The van der Waals surface area contributed by atoms with Gasteiger partial charge in [-0.25, -0.2) is 0 Å². The summed E-state index contributed by atoms with van der Waals surface area (Å²) < 4.78 is 43.3. The fourth-order valence-corrected chi connectivity index (χ4v) is 3.61. The molecule has 0 amide bonds. The van der Waals surface area contributed by atoms with Crippen LogP contribution in [-0.2, 0) is 17.6 Å². The molecule has 0 unspecified atom stereocenters. The molecular weight excluding hydrogens is 485 g/mol. The van der Waals surface area contributed by atoms with Crippen LogP contribution in [0.1, 0.15) is 41.8 Å². The fraction of sp³-hybridized carbons (Fsp3) is 0.304. The molecule has 186 valence electrons. The van der Waals surface area contributed by atoms with Crippen molar-refractivity contribution in [3.63, 3.8) is 0 Å². The molecule has 35 heavy (non-hydrogen) atoms. The van der Waals surface area contributed by atoms with Gasteiger partial charge in [0.2, 0.25) is 11.7 Å². The van der Waals surface area contributed by atoms with Crippen LogP contribution in [-0.4, -0.2) is 39.8 Å². The summed E-state index contributed by atoms with van der Waals surface area (Å²) >= 11 is 0. The van der Waals surface area contributed by atoms with Crippen molar-refractivity contribution in [3.8, 4) is 11.4 Å². The molecule has 1 aliphatic rings. The van der Waals surface area contributed by atoms with Crippen molar-refractivity contribution in [2.75, 3.05) is 13.1 Å². The summed E-state index contributed by atoms with van der Waals surface area (Å²) in [6, 6.07) is 12.1. The fourth-order valence-electron chi connectivity index (χ4n) is 3.61. The molecule has 0 radical (unpaired) electrons. The number of halogens is 4. The summed E-state index contributed by atoms with van der Waals surface area (Å²) in [6.07, 6.45) is -3.57. The van der Waals surface area contributed by atoms with E-state index in [0.717, 1.165) is 29.7 Å². The van der Waals surface area contributed by atoms with Crippen molar-refractivity contribution >= 4 is 24.1 Å². The molecule has 0 spiro atoms. The van der Waals surface area contributed by atoms with Gasteiger partial charge in [-0.1, -0.05) is 46.7 Å². The summed E-state index contributed by atoms with van der Waals surface area (Å²) in [5, 5.41) is 15.7. The molecular formula is C23H24ClF3N6O2. The Kier molecular flexibility index (Phi) is 8.00. The number of nitrogens with zero attached hydrogens (tertiary/aromatic N) is 4. The van der Waals surface area contributed by atoms with Gasteiger partial charge in [-0.05, 0) is 36.6 Å². The maximum absolute atomic E-state index is 12.6. The molecule has 1 saturated heterocycles. The van der Waals surface area contributed by atoms with Crippen LogP contribution in [0.3, 0.4) is 0 Å². The summed E-state index contributed by atoms with van der Waals surface area (Å²) in [5.41, 5.74) is 7.62. The van der Waals surface area contributed by atoms with E-state index in [0.29, 0.717) is 36.1 Å². The maximum Gasteiger partial charge on any atom is 0.416 e. The Morgan fingerprint density at radius 1 is 1.20 bits per heavy atom. The van der Waals surface area contributed by atoms with Crippen molar-refractivity contribution < 1.29 is 22.5 Å². The van der Waals surface area contributed by atoms with Crippen LogP contribution in [0.15, 0.2) is 58.2 Å². The molecule has 1 aromatic heterocycles. The average molecular weight is 509 g/mol. The number of aromatic nitrogens is 2. The van der Waals surface area contributed by atoms with E-state index in [9.17, 15) is 13.2 Å². The molecule has 0 saturated carbocycles. The molecule has 1 aliphatic heterocycles. The Balaban J connectivity index is 0.00000342. The Hall–Kier alpha value is -3.60. The van der Waals surface area contributed by atoms with Crippen LogP contribution in [0.4, 0.5) is 13.2 Å². The largest absolute Gasteiger partial charge is 0.416 e. The monoisotopic (exact) mass is 508 g/mol. The van der Waals surface area contributed by atoms with Gasteiger partial charge in [0.05, 0.1) is 17.2 Å². The van der Waals surface area contributed by atoms with Gasteiger partial charge in [0.1, 0.15) is 6.61 Å². The molecule has 1 atom stereocenters. The number of likely N-dealkylation sites (tertiary alicyclic amines) is 1. The smallest absolute Gasteiger partial charge is 0.391 e. The molecule has 1 fully saturated rings. The Morgan fingerprint density at radius 3 is 2.49 bits per heavy atom. The number of alkyl halides is 3. The predicted molar refractivity (Wildman–Crippen MR) is 126 cm³/mol. The van der Waals surface area contributed by atoms with Crippen molar-refractivity contribution in [3.05, 3.63) is 71.1 Å². The van der Waals surface area contributed by atoms with Crippen molar-refractivity contribution in [1.82, 2.24) is 15.0 Å². The minimum Gasteiger partial charge on any atom is -0.391 e. The van der Waals surface area contributed by atoms with E-state index in [1.807, 2.05) is 24.3 Å². The summed E-state index contributed by atoms with van der Waals surface area (Å²) in [4.78, 5) is 11.6. The molecule has 2 aromatic carbocycles. The summed E-state index contributed by atoms with van der Waals surface area (Å²) in [5.74, 6) is 1.08. The number of nitrogens with two attached hydrogens (primary N) is 1. The number of hydrogen-bond acceptors (Lipinski definition) is 6. The number of rotatable bonds is 6. The van der Waals surface area contributed by atoms with E-state index in [1.165, 1.54) is 12.1 Å². The molecule has 0 bridgehead atoms. The lowest BCUT2D eigenvalue weighted by Crippen LogP contribution is -2.34. The number of oxime groups is 1. The van der Waals surface area contributed by atoms with E-state index >= 15 is 0 Å². The Morgan fingerprint density at radius 2 is 1.89 bits per heavy atom. The van der Waals surface area contributed by atoms with Gasteiger partial charge in [-0.3, -0.25) is 5.41 Å². The number of guanidine groups is 1. The molecule has 3 N–H and O–H groups in total. The lowest BCUT2D eigenvalue weighted by atomic mass is 10.1. The minimum absolute atomic E-state index is 0. The highest BCUT2D eigenvalue weighted by Gasteiger charge is 2.30. The zero-order chi connectivity index (χ0) is 24.3. The summed E-state index contributed by atoms with van der Waals surface area (Å²) in [7, 11) is 0. The average Bonchev–Trinajstić information content (AvgIpc) is 3.49. The molecule has 0 aliphatic carbocycles. The first-order chi connectivity index (χ1) is 16.2. The van der Waals surface area contributed by atoms with Crippen LogP contribution < -0.4 is 5.73 Å².